The third-order valence-corrected chi connectivity index (χ3v) is 5.93. The maximum absolute atomic E-state index is 12.5. The van der Waals surface area contributed by atoms with Crippen LogP contribution in [0.1, 0.15) is 18.9 Å². The van der Waals surface area contributed by atoms with E-state index in [1.807, 2.05) is 13.8 Å². The summed E-state index contributed by atoms with van der Waals surface area (Å²) in [6, 6.07) is 4.72. The first-order chi connectivity index (χ1) is 8.82. The molecular formula is C13H18ClNO3S. The highest BCUT2D eigenvalue weighted by Gasteiger charge is 2.32. The maximum Gasteiger partial charge on any atom is 0.243 e. The molecular weight excluding hydrogens is 286 g/mol. The van der Waals surface area contributed by atoms with Crippen molar-refractivity contribution in [1.29, 1.82) is 0 Å². The molecule has 1 saturated heterocycles. The zero-order valence-electron chi connectivity index (χ0n) is 11.0. The number of nitrogens with zero attached hydrogens (tertiary/aromatic N) is 1. The lowest BCUT2D eigenvalue weighted by Crippen LogP contribution is -2.45. The Hall–Kier alpha value is -0.620. The second kappa shape index (κ2) is 5.40. The van der Waals surface area contributed by atoms with Gasteiger partial charge < -0.3 is 5.11 Å². The Morgan fingerprint density at radius 2 is 2.11 bits per heavy atom. The second-order valence-corrected chi connectivity index (χ2v) is 7.45. The molecule has 0 bridgehead atoms. The zero-order valence-corrected chi connectivity index (χ0v) is 12.6. The number of β-amino-alcohol motifs (C(OH)–C–C–N with tert-alkyl or cyclic N) is 1. The number of hydrogen-bond acceptors (Lipinski definition) is 3. The van der Waals surface area contributed by atoms with Crippen LogP contribution in [0.15, 0.2) is 23.1 Å². The number of sulfonamides is 1. The predicted octanol–water partition coefficient (Wildman–Crippen LogP) is 2.04. The average Bonchev–Trinajstić information content (AvgIpc) is 2.35. The van der Waals surface area contributed by atoms with E-state index in [1.165, 1.54) is 10.4 Å². The summed E-state index contributed by atoms with van der Waals surface area (Å²) < 4.78 is 26.3. The van der Waals surface area contributed by atoms with Crippen LogP contribution in [0.3, 0.4) is 0 Å². The number of piperidine rings is 1. The molecule has 0 amide bonds. The molecule has 0 radical (unpaired) electrons. The van der Waals surface area contributed by atoms with Gasteiger partial charge in [0.15, 0.2) is 0 Å². The number of aliphatic hydroxyl groups excluding tert-OH is 1. The minimum Gasteiger partial charge on any atom is -0.391 e. The van der Waals surface area contributed by atoms with Crippen LogP contribution in [0.5, 0.6) is 0 Å². The minimum atomic E-state index is -3.57. The van der Waals surface area contributed by atoms with Crippen molar-refractivity contribution in [3.63, 3.8) is 0 Å². The highest BCUT2D eigenvalue weighted by molar-refractivity contribution is 7.89. The number of halogens is 1. The van der Waals surface area contributed by atoms with Crippen molar-refractivity contribution in [2.75, 3.05) is 13.1 Å². The van der Waals surface area contributed by atoms with Gasteiger partial charge in [0.05, 0.1) is 11.0 Å². The molecule has 0 saturated carbocycles. The molecule has 106 valence electrons. The third-order valence-electron chi connectivity index (χ3n) is 3.66. The summed E-state index contributed by atoms with van der Waals surface area (Å²) in [5.41, 5.74) is 0.841. The molecule has 2 unspecified atom stereocenters. The van der Waals surface area contributed by atoms with Crippen molar-refractivity contribution >= 4 is 21.6 Å². The van der Waals surface area contributed by atoms with Gasteiger partial charge in [-0.1, -0.05) is 24.6 Å². The molecule has 0 aromatic heterocycles. The number of rotatable bonds is 2. The van der Waals surface area contributed by atoms with E-state index in [9.17, 15) is 13.5 Å². The van der Waals surface area contributed by atoms with Crippen LogP contribution in [0, 0.1) is 12.8 Å². The van der Waals surface area contributed by atoms with E-state index in [2.05, 4.69) is 0 Å². The van der Waals surface area contributed by atoms with Gasteiger partial charge in [0.25, 0.3) is 0 Å². The van der Waals surface area contributed by atoms with Gasteiger partial charge in [0, 0.05) is 18.1 Å². The standard InChI is InChI=1S/C13H18ClNO3S/c1-9-3-4-11(7-12(9)14)19(17,18)15-6-5-10(2)13(16)8-15/h3-4,7,10,13,16H,5-6,8H2,1-2H3. The monoisotopic (exact) mass is 303 g/mol. The van der Waals surface area contributed by atoms with Gasteiger partial charge in [0.1, 0.15) is 0 Å². The fourth-order valence-corrected chi connectivity index (χ4v) is 3.87. The third kappa shape index (κ3) is 2.94. The number of aryl methyl sites for hydroxylation is 1. The first kappa shape index (κ1) is 14.8. The molecule has 6 heteroatoms. The van der Waals surface area contributed by atoms with E-state index in [4.69, 9.17) is 11.6 Å². The topological polar surface area (TPSA) is 57.6 Å². The molecule has 1 fully saturated rings. The van der Waals surface area contributed by atoms with E-state index in [1.54, 1.807) is 12.1 Å². The van der Waals surface area contributed by atoms with Gasteiger partial charge in [-0.05, 0) is 37.0 Å². The summed E-state index contributed by atoms with van der Waals surface area (Å²) in [6.07, 6.45) is 0.0597. The largest absolute Gasteiger partial charge is 0.391 e. The Balaban J connectivity index is 2.29. The van der Waals surface area contributed by atoms with Crippen LogP contribution in [-0.4, -0.2) is 37.0 Å². The Kier molecular flexibility index (Phi) is 4.20. The molecule has 19 heavy (non-hydrogen) atoms. The van der Waals surface area contributed by atoms with Gasteiger partial charge in [-0.2, -0.15) is 4.31 Å². The molecule has 1 aliphatic rings. The van der Waals surface area contributed by atoms with Gasteiger partial charge in [-0.25, -0.2) is 8.42 Å². The lowest BCUT2D eigenvalue weighted by Gasteiger charge is -2.33. The van der Waals surface area contributed by atoms with Gasteiger partial charge in [0.2, 0.25) is 10.0 Å². The van der Waals surface area contributed by atoms with E-state index in [0.29, 0.717) is 18.0 Å². The lowest BCUT2D eigenvalue weighted by molar-refractivity contribution is 0.0605. The predicted molar refractivity (Wildman–Crippen MR) is 74.7 cm³/mol. The van der Waals surface area contributed by atoms with Crippen LogP contribution in [0.2, 0.25) is 5.02 Å². The van der Waals surface area contributed by atoms with Gasteiger partial charge in [-0.3, -0.25) is 0 Å². The molecule has 2 rings (SSSR count). The van der Waals surface area contributed by atoms with E-state index in [-0.39, 0.29) is 17.4 Å². The van der Waals surface area contributed by atoms with Crippen molar-refractivity contribution in [3.05, 3.63) is 28.8 Å². The molecule has 1 N–H and O–H groups in total. The molecule has 0 spiro atoms. The van der Waals surface area contributed by atoms with E-state index >= 15 is 0 Å². The number of benzene rings is 1. The average molecular weight is 304 g/mol. The Labute approximate surface area is 119 Å². The Morgan fingerprint density at radius 3 is 2.68 bits per heavy atom. The molecule has 4 nitrogen and oxygen atoms in total. The second-order valence-electron chi connectivity index (χ2n) is 5.11. The summed E-state index contributed by atoms with van der Waals surface area (Å²) in [5.74, 6) is 0.132. The first-order valence-electron chi connectivity index (χ1n) is 6.26. The van der Waals surface area contributed by atoms with Crippen molar-refractivity contribution in [1.82, 2.24) is 4.31 Å². The summed E-state index contributed by atoms with van der Waals surface area (Å²) in [4.78, 5) is 0.185. The first-order valence-corrected chi connectivity index (χ1v) is 8.08. The summed E-state index contributed by atoms with van der Waals surface area (Å²) in [7, 11) is -3.57. The number of hydrogen-bond donors (Lipinski definition) is 1. The van der Waals surface area contributed by atoms with Crippen molar-refractivity contribution in [3.8, 4) is 0 Å². The molecule has 1 aliphatic heterocycles. The highest BCUT2D eigenvalue weighted by Crippen LogP contribution is 2.26. The molecule has 0 aliphatic carbocycles. The molecule has 1 aromatic carbocycles. The van der Waals surface area contributed by atoms with Crippen LogP contribution >= 0.6 is 11.6 Å². The normalized spacial score (nSPS) is 25.5. The fourth-order valence-electron chi connectivity index (χ4n) is 2.12. The summed E-state index contributed by atoms with van der Waals surface area (Å²) >= 11 is 5.98. The molecule has 1 heterocycles. The number of aliphatic hydroxyl groups is 1. The summed E-state index contributed by atoms with van der Waals surface area (Å²) in [5, 5.41) is 10.3. The highest BCUT2D eigenvalue weighted by atomic mass is 35.5. The van der Waals surface area contributed by atoms with Crippen molar-refractivity contribution < 1.29 is 13.5 Å². The van der Waals surface area contributed by atoms with Crippen LogP contribution in [0.25, 0.3) is 0 Å². The smallest absolute Gasteiger partial charge is 0.243 e. The maximum atomic E-state index is 12.5. The summed E-state index contributed by atoms with van der Waals surface area (Å²) in [6.45, 7) is 4.34. The molecule has 1 aromatic rings. The van der Waals surface area contributed by atoms with E-state index < -0.39 is 16.1 Å². The quantitative estimate of drug-likeness (QED) is 0.909. The molecule has 2 atom stereocenters. The van der Waals surface area contributed by atoms with Gasteiger partial charge >= 0.3 is 0 Å². The SMILES string of the molecule is Cc1ccc(S(=O)(=O)N2CCC(C)C(O)C2)cc1Cl. The van der Waals surface area contributed by atoms with E-state index in [0.717, 1.165) is 5.56 Å². The van der Waals surface area contributed by atoms with Crippen LogP contribution in [-0.2, 0) is 10.0 Å². The fraction of sp³-hybridized carbons (Fsp3) is 0.538. The van der Waals surface area contributed by atoms with Crippen molar-refractivity contribution in [2.24, 2.45) is 5.92 Å². The van der Waals surface area contributed by atoms with Crippen molar-refractivity contribution in [2.45, 2.75) is 31.3 Å². The Bertz CT molecular complexity index is 573. The lowest BCUT2D eigenvalue weighted by atomic mass is 9.98. The Morgan fingerprint density at radius 1 is 1.42 bits per heavy atom. The van der Waals surface area contributed by atoms with Crippen LogP contribution < -0.4 is 0 Å². The minimum absolute atomic E-state index is 0.132. The zero-order chi connectivity index (χ0) is 14.2. The van der Waals surface area contributed by atoms with Gasteiger partial charge in [-0.15, -0.1) is 0 Å². The van der Waals surface area contributed by atoms with Crippen LogP contribution in [0.4, 0.5) is 0 Å².